The van der Waals surface area contributed by atoms with E-state index in [-0.39, 0.29) is 5.41 Å². The van der Waals surface area contributed by atoms with Gasteiger partial charge in [-0.2, -0.15) is 0 Å². The first kappa shape index (κ1) is 36.3. The van der Waals surface area contributed by atoms with E-state index >= 15 is 0 Å². The molecule has 2 aromatic heterocycles. The average Bonchev–Trinajstić information content (AvgIpc) is 3.56. The van der Waals surface area contributed by atoms with Gasteiger partial charge in [-0.05, 0) is 73.8 Å². The molecule has 0 unspecified atom stereocenters. The number of pyridine rings is 1. The van der Waals surface area contributed by atoms with Crippen molar-refractivity contribution in [3.05, 3.63) is 217 Å². The topological polar surface area (TPSA) is 51.6 Å². The fraction of sp³-hybridized carbons (Fsp3) is 0.0526. The van der Waals surface area contributed by atoms with Crippen LogP contribution in [0.2, 0.25) is 0 Å². The molecule has 0 aliphatic heterocycles. The van der Waals surface area contributed by atoms with Crippen LogP contribution in [0.15, 0.2) is 206 Å². The zero-order chi connectivity index (χ0) is 40.9. The van der Waals surface area contributed by atoms with Gasteiger partial charge in [0.25, 0.3) is 0 Å². The lowest BCUT2D eigenvalue weighted by Crippen LogP contribution is -2.14. The third-order valence-corrected chi connectivity index (χ3v) is 12.2. The minimum atomic E-state index is -0.130. The van der Waals surface area contributed by atoms with Gasteiger partial charge in [0, 0.05) is 33.1 Å². The van der Waals surface area contributed by atoms with Crippen LogP contribution >= 0.6 is 0 Å². The first-order chi connectivity index (χ1) is 30.0. The molecule has 0 N–H and O–H groups in total. The monoisotopic (exact) mass is 780 g/mol. The van der Waals surface area contributed by atoms with Gasteiger partial charge in [0.2, 0.25) is 0 Å². The van der Waals surface area contributed by atoms with E-state index < -0.39 is 0 Å². The van der Waals surface area contributed by atoms with Crippen LogP contribution in [0.4, 0.5) is 0 Å². The number of nitrogens with zero attached hydrogens (tertiary/aromatic N) is 4. The molecule has 0 fully saturated rings. The summed E-state index contributed by atoms with van der Waals surface area (Å²) in [7, 11) is 0. The Bertz CT molecular complexity index is 3170. The molecule has 0 radical (unpaired) electrons. The van der Waals surface area contributed by atoms with E-state index in [1.807, 2.05) is 60.7 Å². The van der Waals surface area contributed by atoms with Crippen LogP contribution < -0.4 is 0 Å². The molecule has 8 aromatic carbocycles. The summed E-state index contributed by atoms with van der Waals surface area (Å²) in [6, 6.07) is 72.7. The number of hydrogen-bond acceptors (Lipinski definition) is 4. The van der Waals surface area contributed by atoms with E-state index in [9.17, 15) is 0 Å². The lowest BCUT2D eigenvalue weighted by Gasteiger charge is -2.22. The maximum Gasteiger partial charge on any atom is 0.164 e. The highest BCUT2D eigenvalue weighted by Gasteiger charge is 2.36. The maximum atomic E-state index is 5.45. The minimum Gasteiger partial charge on any atom is -0.248 e. The van der Waals surface area contributed by atoms with Crippen molar-refractivity contribution in [3.8, 4) is 89.9 Å². The van der Waals surface area contributed by atoms with E-state index in [1.165, 1.54) is 33.4 Å². The average molecular weight is 781 g/mol. The highest BCUT2D eigenvalue weighted by molar-refractivity contribution is 6.02. The van der Waals surface area contributed by atoms with Gasteiger partial charge < -0.3 is 0 Å². The van der Waals surface area contributed by atoms with Crippen molar-refractivity contribution in [2.45, 2.75) is 19.3 Å². The molecular weight excluding hydrogens is 741 g/mol. The fourth-order valence-corrected chi connectivity index (χ4v) is 8.97. The summed E-state index contributed by atoms with van der Waals surface area (Å²) in [5.74, 6) is 1.94. The third-order valence-electron chi connectivity index (χ3n) is 12.2. The van der Waals surface area contributed by atoms with Gasteiger partial charge in [0.15, 0.2) is 17.5 Å². The third kappa shape index (κ3) is 6.50. The Morgan fingerprint density at radius 3 is 1.30 bits per heavy atom. The number of aromatic nitrogens is 4. The summed E-state index contributed by atoms with van der Waals surface area (Å²) in [6.07, 6.45) is 0. The van der Waals surface area contributed by atoms with Crippen LogP contribution in [0.1, 0.15) is 25.0 Å². The Hall–Kier alpha value is -7.82. The largest absolute Gasteiger partial charge is 0.248 e. The summed E-state index contributed by atoms with van der Waals surface area (Å²) >= 11 is 0. The standard InChI is InChI=1S/C57H40N4/c1-57(2)50-25-15-14-23-45(50)48-34-49-47(35-52(58-53(49)36-51(48)57)46-24-13-12-22-44(46)39-16-6-3-7-17-39)40-30-26-37(27-31-40)38-28-32-43(33-29-38)56-60-54(41-18-8-4-9-19-41)59-55(61-56)42-20-10-5-11-21-42/h3-36H,1-2H3. The van der Waals surface area contributed by atoms with E-state index in [0.717, 1.165) is 61.1 Å². The van der Waals surface area contributed by atoms with E-state index in [0.29, 0.717) is 17.5 Å². The second kappa shape index (κ2) is 14.8. The smallest absolute Gasteiger partial charge is 0.164 e. The first-order valence-electron chi connectivity index (χ1n) is 20.8. The van der Waals surface area contributed by atoms with Gasteiger partial charge in [-0.25, -0.2) is 19.9 Å². The molecule has 0 spiro atoms. The first-order valence-corrected chi connectivity index (χ1v) is 20.8. The SMILES string of the molecule is CC1(C)c2ccccc2-c2cc3c(-c4ccc(-c5ccc(-c6nc(-c7ccccc7)nc(-c7ccccc7)n6)cc5)cc4)cc(-c4ccccc4-c4ccccc4)nc3cc21. The zero-order valence-corrected chi connectivity index (χ0v) is 33.9. The molecule has 1 aliphatic rings. The summed E-state index contributed by atoms with van der Waals surface area (Å²) in [5.41, 5.74) is 17.9. The lowest BCUT2D eigenvalue weighted by atomic mass is 9.82. The van der Waals surface area contributed by atoms with Gasteiger partial charge in [-0.1, -0.05) is 202 Å². The van der Waals surface area contributed by atoms with Gasteiger partial charge in [0.05, 0.1) is 11.2 Å². The minimum absolute atomic E-state index is 0.130. The molecule has 10 aromatic rings. The van der Waals surface area contributed by atoms with Crippen molar-refractivity contribution < 1.29 is 0 Å². The molecule has 0 amide bonds. The molecule has 0 saturated heterocycles. The van der Waals surface area contributed by atoms with Crippen molar-refractivity contribution in [2.24, 2.45) is 0 Å². The molecule has 11 rings (SSSR count). The Labute approximate surface area is 356 Å². The molecule has 0 bridgehead atoms. The van der Waals surface area contributed by atoms with Crippen LogP contribution in [-0.2, 0) is 5.41 Å². The van der Waals surface area contributed by atoms with Gasteiger partial charge in [-0.15, -0.1) is 0 Å². The molecule has 0 atom stereocenters. The van der Waals surface area contributed by atoms with Crippen LogP contribution in [-0.4, -0.2) is 19.9 Å². The molecule has 4 heteroatoms. The number of hydrogen-bond donors (Lipinski definition) is 0. The number of rotatable bonds is 7. The van der Waals surface area contributed by atoms with Crippen LogP contribution in [0.3, 0.4) is 0 Å². The Morgan fingerprint density at radius 1 is 0.295 bits per heavy atom. The maximum absolute atomic E-state index is 5.45. The lowest BCUT2D eigenvalue weighted by molar-refractivity contribution is 0.661. The van der Waals surface area contributed by atoms with Crippen LogP contribution in [0, 0.1) is 0 Å². The molecule has 0 saturated carbocycles. The molecular formula is C57H40N4. The van der Waals surface area contributed by atoms with E-state index in [4.69, 9.17) is 19.9 Å². The number of benzene rings is 8. The van der Waals surface area contributed by atoms with E-state index in [1.54, 1.807) is 0 Å². The Kier molecular flexibility index (Phi) is 8.79. The zero-order valence-electron chi connectivity index (χ0n) is 33.9. The fourth-order valence-electron chi connectivity index (χ4n) is 8.97. The second-order valence-corrected chi connectivity index (χ2v) is 16.2. The van der Waals surface area contributed by atoms with Crippen LogP contribution in [0.25, 0.3) is 101 Å². The van der Waals surface area contributed by atoms with Crippen molar-refractivity contribution in [1.82, 2.24) is 19.9 Å². The summed E-state index contributed by atoms with van der Waals surface area (Å²) in [4.78, 5) is 20.2. The van der Waals surface area contributed by atoms with Gasteiger partial charge in [0.1, 0.15) is 0 Å². The molecule has 4 nitrogen and oxygen atoms in total. The predicted molar refractivity (Wildman–Crippen MR) is 251 cm³/mol. The van der Waals surface area contributed by atoms with Gasteiger partial charge in [-0.3, -0.25) is 0 Å². The summed E-state index contributed by atoms with van der Waals surface area (Å²) in [5, 5.41) is 1.14. The molecule has 2 heterocycles. The second-order valence-electron chi connectivity index (χ2n) is 16.2. The normalized spacial score (nSPS) is 12.6. The van der Waals surface area contributed by atoms with Crippen LogP contribution in [0.5, 0.6) is 0 Å². The molecule has 288 valence electrons. The summed E-state index contributed by atoms with van der Waals surface area (Å²) < 4.78 is 0. The van der Waals surface area contributed by atoms with E-state index in [2.05, 4.69) is 159 Å². The quantitative estimate of drug-likeness (QED) is 0.162. The van der Waals surface area contributed by atoms with Crippen molar-refractivity contribution in [3.63, 3.8) is 0 Å². The highest BCUT2D eigenvalue weighted by atomic mass is 15.0. The van der Waals surface area contributed by atoms with Crippen molar-refractivity contribution in [1.29, 1.82) is 0 Å². The highest BCUT2D eigenvalue weighted by Crippen LogP contribution is 2.51. The van der Waals surface area contributed by atoms with Crippen molar-refractivity contribution in [2.75, 3.05) is 0 Å². The summed E-state index contributed by atoms with van der Waals surface area (Å²) in [6.45, 7) is 4.66. The predicted octanol–water partition coefficient (Wildman–Crippen LogP) is 14.4. The van der Waals surface area contributed by atoms with Gasteiger partial charge >= 0.3 is 0 Å². The Balaban J connectivity index is 0.997. The molecule has 61 heavy (non-hydrogen) atoms. The molecule has 1 aliphatic carbocycles. The van der Waals surface area contributed by atoms with Crippen molar-refractivity contribution >= 4 is 10.9 Å². The Morgan fingerprint density at radius 2 is 0.721 bits per heavy atom. The number of fused-ring (bicyclic) bond motifs is 4.